The van der Waals surface area contributed by atoms with E-state index in [9.17, 15) is 0 Å². The van der Waals surface area contributed by atoms with Crippen molar-refractivity contribution in [2.75, 3.05) is 38.3 Å². The van der Waals surface area contributed by atoms with E-state index >= 15 is 0 Å². The summed E-state index contributed by atoms with van der Waals surface area (Å²) < 4.78 is 5.23. The van der Waals surface area contributed by atoms with Gasteiger partial charge in [0.25, 0.3) is 0 Å². The standard InChI is InChI=1S/C11H25NOS/c1-3-13-10-9-12-8-6-4-5-7-11-14-2/h12H,3-11H2,1-2H3. The number of nitrogens with one attached hydrogen (secondary N) is 1. The summed E-state index contributed by atoms with van der Waals surface area (Å²) >= 11 is 1.95. The summed E-state index contributed by atoms with van der Waals surface area (Å²) in [6.45, 7) is 5.86. The summed E-state index contributed by atoms with van der Waals surface area (Å²) in [4.78, 5) is 0. The van der Waals surface area contributed by atoms with Crippen LogP contribution in [0, 0.1) is 0 Å². The van der Waals surface area contributed by atoms with Crippen LogP contribution in [0.3, 0.4) is 0 Å². The van der Waals surface area contributed by atoms with Crippen LogP contribution in [0.5, 0.6) is 0 Å². The van der Waals surface area contributed by atoms with Crippen LogP contribution in [0.2, 0.25) is 0 Å². The summed E-state index contributed by atoms with van der Waals surface area (Å²) in [5, 5.41) is 3.38. The second-order valence-corrected chi connectivity index (χ2v) is 4.34. The molecule has 0 spiro atoms. The minimum Gasteiger partial charge on any atom is -0.380 e. The van der Waals surface area contributed by atoms with Crippen molar-refractivity contribution in [2.24, 2.45) is 0 Å². The molecule has 0 aliphatic rings. The first-order chi connectivity index (χ1) is 6.91. The van der Waals surface area contributed by atoms with E-state index in [2.05, 4.69) is 11.6 Å². The van der Waals surface area contributed by atoms with Gasteiger partial charge >= 0.3 is 0 Å². The van der Waals surface area contributed by atoms with Crippen LogP contribution in [0.15, 0.2) is 0 Å². The van der Waals surface area contributed by atoms with E-state index in [-0.39, 0.29) is 0 Å². The Morgan fingerprint density at radius 2 is 1.86 bits per heavy atom. The Balaban J connectivity index is 2.78. The summed E-state index contributed by atoms with van der Waals surface area (Å²) in [5.41, 5.74) is 0. The van der Waals surface area contributed by atoms with Crippen molar-refractivity contribution in [3.8, 4) is 0 Å². The highest BCUT2D eigenvalue weighted by Gasteiger charge is 1.90. The lowest BCUT2D eigenvalue weighted by atomic mass is 10.2. The number of rotatable bonds is 11. The molecule has 0 aromatic carbocycles. The van der Waals surface area contributed by atoms with Crippen molar-refractivity contribution >= 4 is 11.8 Å². The van der Waals surface area contributed by atoms with Crippen LogP contribution in [0.25, 0.3) is 0 Å². The van der Waals surface area contributed by atoms with E-state index in [0.29, 0.717) is 0 Å². The Morgan fingerprint density at radius 3 is 2.57 bits per heavy atom. The molecular weight excluding hydrogens is 194 g/mol. The Labute approximate surface area is 93.2 Å². The Morgan fingerprint density at radius 1 is 1.07 bits per heavy atom. The number of thioether (sulfide) groups is 1. The molecule has 0 fully saturated rings. The second-order valence-electron chi connectivity index (χ2n) is 3.35. The lowest BCUT2D eigenvalue weighted by Gasteiger charge is -2.04. The molecule has 0 aliphatic carbocycles. The molecular formula is C11H25NOS. The molecule has 14 heavy (non-hydrogen) atoms. The first kappa shape index (κ1) is 14.3. The molecule has 0 aromatic heterocycles. The van der Waals surface area contributed by atoms with Gasteiger partial charge in [0.15, 0.2) is 0 Å². The monoisotopic (exact) mass is 219 g/mol. The molecule has 0 saturated carbocycles. The minimum absolute atomic E-state index is 0.830. The van der Waals surface area contributed by atoms with Gasteiger partial charge in [-0.15, -0.1) is 0 Å². The Bertz CT molecular complexity index is 89.3. The Kier molecular flexibility index (Phi) is 13.5. The molecule has 86 valence electrons. The van der Waals surface area contributed by atoms with Crippen molar-refractivity contribution in [3.63, 3.8) is 0 Å². The van der Waals surface area contributed by atoms with Gasteiger partial charge in [-0.05, 0) is 38.3 Å². The first-order valence-corrected chi connectivity index (χ1v) is 7.08. The maximum atomic E-state index is 5.23. The van der Waals surface area contributed by atoms with Gasteiger partial charge in [0, 0.05) is 13.2 Å². The number of unbranched alkanes of at least 4 members (excludes halogenated alkanes) is 3. The number of ether oxygens (including phenoxy) is 1. The third-order valence-electron chi connectivity index (χ3n) is 2.08. The zero-order chi connectivity index (χ0) is 10.5. The van der Waals surface area contributed by atoms with Crippen molar-refractivity contribution in [1.29, 1.82) is 0 Å². The smallest absolute Gasteiger partial charge is 0.0590 e. The molecule has 0 radical (unpaired) electrons. The summed E-state index contributed by atoms with van der Waals surface area (Å²) in [5.74, 6) is 1.32. The lowest BCUT2D eigenvalue weighted by Crippen LogP contribution is -2.20. The predicted molar refractivity (Wildman–Crippen MR) is 66.2 cm³/mol. The van der Waals surface area contributed by atoms with Crippen molar-refractivity contribution in [2.45, 2.75) is 32.6 Å². The van der Waals surface area contributed by atoms with E-state index < -0.39 is 0 Å². The molecule has 0 aromatic rings. The number of hydrogen-bond acceptors (Lipinski definition) is 3. The van der Waals surface area contributed by atoms with Gasteiger partial charge in [-0.3, -0.25) is 0 Å². The lowest BCUT2D eigenvalue weighted by molar-refractivity contribution is 0.149. The van der Waals surface area contributed by atoms with Gasteiger partial charge in [0.2, 0.25) is 0 Å². The molecule has 3 heteroatoms. The topological polar surface area (TPSA) is 21.3 Å². The maximum Gasteiger partial charge on any atom is 0.0590 e. The summed E-state index contributed by atoms with van der Waals surface area (Å²) in [6.07, 6.45) is 7.60. The normalized spacial score (nSPS) is 10.7. The van der Waals surface area contributed by atoms with E-state index in [1.165, 1.54) is 31.4 Å². The molecule has 0 saturated heterocycles. The molecule has 0 atom stereocenters. The van der Waals surface area contributed by atoms with Gasteiger partial charge in [-0.1, -0.05) is 12.8 Å². The molecule has 0 aliphatic heterocycles. The zero-order valence-corrected chi connectivity index (χ0v) is 10.5. The van der Waals surface area contributed by atoms with Gasteiger partial charge in [-0.2, -0.15) is 11.8 Å². The molecule has 1 N–H and O–H groups in total. The van der Waals surface area contributed by atoms with Gasteiger partial charge in [0.05, 0.1) is 6.61 Å². The molecule has 0 unspecified atom stereocenters. The maximum absolute atomic E-state index is 5.23. The van der Waals surface area contributed by atoms with Crippen LogP contribution < -0.4 is 5.32 Å². The van der Waals surface area contributed by atoms with Crippen LogP contribution >= 0.6 is 11.8 Å². The van der Waals surface area contributed by atoms with E-state index in [4.69, 9.17) is 4.74 Å². The van der Waals surface area contributed by atoms with Gasteiger partial charge in [-0.25, -0.2) is 0 Å². The van der Waals surface area contributed by atoms with Crippen LogP contribution in [0.1, 0.15) is 32.6 Å². The molecule has 2 nitrogen and oxygen atoms in total. The number of hydrogen-bond donors (Lipinski definition) is 1. The molecule has 0 amide bonds. The van der Waals surface area contributed by atoms with E-state index in [1.807, 2.05) is 18.7 Å². The first-order valence-electron chi connectivity index (χ1n) is 5.69. The predicted octanol–water partition coefficient (Wildman–Crippen LogP) is 2.54. The highest BCUT2D eigenvalue weighted by atomic mass is 32.2. The van der Waals surface area contributed by atoms with E-state index in [1.54, 1.807) is 0 Å². The average molecular weight is 219 g/mol. The zero-order valence-electron chi connectivity index (χ0n) is 9.68. The van der Waals surface area contributed by atoms with Gasteiger partial charge < -0.3 is 10.1 Å². The fourth-order valence-electron chi connectivity index (χ4n) is 1.26. The average Bonchev–Trinajstić information content (AvgIpc) is 2.21. The SMILES string of the molecule is CCOCCNCCCCCCSC. The highest BCUT2D eigenvalue weighted by Crippen LogP contribution is 2.03. The second kappa shape index (κ2) is 13.3. The summed E-state index contributed by atoms with van der Waals surface area (Å²) in [7, 11) is 0. The van der Waals surface area contributed by atoms with Crippen molar-refractivity contribution in [3.05, 3.63) is 0 Å². The largest absolute Gasteiger partial charge is 0.380 e. The minimum atomic E-state index is 0.830. The highest BCUT2D eigenvalue weighted by molar-refractivity contribution is 7.98. The van der Waals surface area contributed by atoms with Gasteiger partial charge in [0.1, 0.15) is 0 Å². The molecule has 0 bridgehead atoms. The Hall–Kier alpha value is 0.270. The fourth-order valence-corrected chi connectivity index (χ4v) is 1.76. The molecule has 0 heterocycles. The van der Waals surface area contributed by atoms with Crippen LogP contribution in [-0.4, -0.2) is 38.3 Å². The quantitative estimate of drug-likeness (QED) is 0.540. The van der Waals surface area contributed by atoms with Crippen LogP contribution in [0.4, 0.5) is 0 Å². The summed E-state index contributed by atoms with van der Waals surface area (Å²) in [6, 6.07) is 0. The molecule has 0 rings (SSSR count). The third-order valence-corrected chi connectivity index (χ3v) is 2.78. The van der Waals surface area contributed by atoms with Crippen molar-refractivity contribution < 1.29 is 4.74 Å². The third kappa shape index (κ3) is 12.3. The fraction of sp³-hybridized carbons (Fsp3) is 1.00. The van der Waals surface area contributed by atoms with Crippen LogP contribution in [-0.2, 0) is 4.74 Å². The van der Waals surface area contributed by atoms with Crippen molar-refractivity contribution in [1.82, 2.24) is 5.32 Å². The van der Waals surface area contributed by atoms with E-state index in [0.717, 1.165) is 26.3 Å².